The molecule has 0 heterocycles. The SMILES string of the molecule is COC(=O)c1ccc(C(C(C)N)N(C)C)cc1. The first-order valence-corrected chi connectivity index (χ1v) is 5.57. The van der Waals surface area contributed by atoms with Crippen LogP contribution in [0.2, 0.25) is 0 Å². The molecule has 1 rings (SSSR count). The van der Waals surface area contributed by atoms with Crippen LogP contribution in [0.4, 0.5) is 0 Å². The Morgan fingerprint density at radius 3 is 2.18 bits per heavy atom. The number of carbonyl (C=O) groups excluding carboxylic acids is 1. The van der Waals surface area contributed by atoms with Crippen molar-refractivity contribution in [2.75, 3.05) is 21.2 Å². The third-order valence-electron chi connectivity index (χ3n) is 2.73. The van der Waals surface area contributed by atoms with E-state index in [2.05, 4.69) is 9.64 Å². The molecule has 0 fully saturated rings. The molecule has 0 aliphatic rings. The molecule has 2 atom stereocenters. The van der Waals surface area contributed by atoms with Gasteiger partial charge in [0, 0.05) is 12.1 Å². The van der Waals surface area contributed by atoms with Crippen LogP contribution in [0.15, 0.2) is 24.3 Å². The van der Waals surface area contributed by atoms with Gasteiger partial charge >= 0.3 is 5.97 Å². The number of benzene rings is 1. The Hall–Kier alpha value is -1.39. The lowest BCUT2D eigenvalue weighted by Gasteiger charge is -2.28. The zero-order valence-corrected chi connectivity index (χ0v) is 10.8. The quantitative estimate of drug-likeness (QED) is 0.803. The van der Waals surface area contributed by atoms with Crippen LogP contribution >= 0.6 is 0 Å². The van der Waals surface area contributed by atoms with Gasteiger partial charge in [-0.1, -0.05) is 12.1 Å². The van der Waals surface area contributed by atoms with Gasteiger partial charge in [-0.2, -0.15) is 0 Å². The molecule has 94 valence electrons. The van der Waals surface area contributed by atoms with Crippen molar-refractivity contribution in [2.45, 2.75) is 19.0 Å². The second kappa shape index (κ2) is 5.80. The summed E-state index contributed by atoms with van der Waals surface area (Å²) in [6.07, 6.45) is 0. The molecule has 0 saturated heterocycles. The first-order valence-electron chi connectivity index (χ1n) is 5.57. The molecule has 0 amide bonds. The minimum absolute atomic E-state index is 0.0222. The van der Waals surface area contributed by atoms with Crippen molar-refractivity contribution in [2.24, 2.45) is 5.73 Å². The van der Waals surface area contributed by atoms with Gasteiger partial charge in [0.05, 0.1) is 12.7 Å². The van der Waals surface area contributed by atoms with Crippen LogP contribution in [0, 0.1) is 0 Å². The van der Waals surface area contributed by atoms with Crippen molar-refractivity contribution >= 4 is 5.97 Å². The van der Waals surface area contributed by atoms with Crippen molar-refractivity contribution in [3.05, 3.63) is 35.4 Å². The van der Waals surface area contributed by atoms with Gasteiger partial charge < -0.3 is 15.4 Å². The summed E-state index contributed by atoms with van der Waals surface area (Å²) in [5.74, 6) is -0.321. The van der Waals surface area contributed by atoms with Crippen molar-refractivity contribution in [3.63, 3.8) is 0 Å². The van der Waals surface area contributed by atoms with Crippen molar-refractivity contribution in [1.82, 2.24) is 4.90 Å². The Morgan fingerprint density at radius 1 is 1.29 bits per heavy atom. The van der Waals surface area contributed by atoms with Gasteiger partial charge in [0.1, 0.15) is 0 Å². The highest BCUT2D eigenvalue weighted by molar-refractivity contribution is 5.89. The van der Waals surface area contributed by atoms with Gasteiger partial charge in [0.2, 0.25) is 0 Å². The molecule has 1 aromatic carbocycles. The van der Waals surface area contributed by atoms with Crippen LogP contribution in [0.5, 0.6) is 0 Å². The van der Waals surface area contributed by atoms with E-state index in [0.29, 0.717) is 5.56 Å². The number of carbonyl (C=O) groups is 1. The molecule has 0 saturated carbocycles. The first kappa shape index (κ1) is 13.7. The number of nitrogens with zero attached hydrogens (tertiary/aromatic N) is 1. The van der Waals surface area contributed by atoms with Crippen LogP contribution in [0.3, 0.4) is 0 Å². The lowest BCUT2D eigenvalue weighted by molar-refractivity contribution is 0.0600. The molecule has 2 N–H and O–H groups in total. The highest BCUT2D eigenvalue weighted by Crippen LogP contribution is 2.21. The maximum Gasteiger partial charge on any atom is 0.337 e. The Bertz CT molecular complexity index is 364. The molecule has 1 aromatic rings. The third-order valence-corrected chi connectivity index (χ3v) is 2.73. The molecule has 2 unspecified atom stereocenters. The van der Waals surface area contributed by atoms with Gasteiger partial charge in [-0.25, -0.2) is 4.79 Å². The Kier molecular flexibility index (Phi) is 4.66. The van der Waals surface area contributed by atoms with E-state index in [9.17, 15) is 4.79 Å². The molecule has 0 aliphatic heterocycles. The fraction of sp³-hybridized carbons (Fsp3) is 0.462. The van der Waals surface area contributed by atoms with E-state index in [1.165, 1.54) is 7.11 Å². The lowest BCUT2D eigenvalue weighted by atomic mass is 9.99. The van der Waals surface area contributed by atoms with E-state index in [0.717, 1.165) is 5.56 Å². The monoisotopic (exact) mass is 236 g/mol. The van der Waals surface area contributed by atoms with Gasteiger partial charge in [0.25, 0.3) is 0 Å². The number of ether oxygens (including phenoxy) is 1. The van der Waals surface area contributed by atoms with Crippen molar-refractivity contribution < 1.29 is 9.53 Å². The van der Waals surface area contributed by atoms with Crippen molar-refractivity contribution in [1.29, 1.82) is 0 Å². The van der Waals surface area contributed by atoms with Crippen molar-refractivity contribution in [3.8, 4) is 0 Å². The van der Waals surface area contributed by atoms with Crippen LogP contribution in [0.1, 0.15) is 28.9 Å². The summed E-state index contributed by atoms with van der Waals surface area (Å²) in [5, 5.41) is 0. The molecular formula is C13H20N2O2. The fourth-order valence-electron chi connectivity index (χ4n) is 2.01. The maximum atomic E-state index is 11.3. The normalized spacial score (nSPS) is 14.5. The average Bonchev–Trinajstić information content (AvgIpc) is 2.28. The number of hydrogen-bond donors (Lipinski definition) is 1. The Labute approximate surface area is 102 Å². The van der Waals surface area contributed by atoms with Crippen LogP contribution in [-0.2, 0) is 4.74 Å². The van der Waals surface area contributed by atoms with Crippen LogP contribution in [-0.4, -0.2) is 38.1 Å². The summed E-state index contributed by atoms with van der Waals surface area (Å²) in [6, 6.07) is 7.52. The van der Waals surface area contributed by atoms with Gasteiger partial charge in [-0.05, 0) is 38.7 Å². The second-order valence-electron chi connectivity index (χ2n) is 4.38. The predicted molar refractivity (Wildman–Crippen MR) is 67.9 cm³/mol. The maximum absolute atomic E-state index is 11.3. The van der Waals surface area contributed by atoms with Gasteiger partial charge in [0.15, 0.2) is 0 Å². The van der Waals surface area contributed by atoms with Gasteiger partial charge in [-0.3, -0.25) is 0 Å². The summed E-state index contributed by atoms with van der Waals surface area (Å²) in [7, 11) is 5.35. The van der Waals surface area contributed by atoms with Crippen LogP contribution in [0.25, 0.3) is 0 Å². The Balaban J connectivity index is 2.96. The summed E-state index contributed by atoms with van der Waals surface area (Å²) < 4.78 is 4.66. The Morgan fingerprint density at radius 2 is 1.82 bits per heavy atom. The molecule has 4 nitrogen and oxygen atoms in total. The molecule has 0 radical (unpaired) electrons. The number of hydrogen-bond acceptors (Lipinski definition) is 4. The highest BCUT2D eigenvalue weighted by atomic mass is 16.5. The minimum atomic E-state index is -0.321. The predicted octanol–water partition coefficient (Wildman–Crippen LogP) is 1.42. The summed E-state index contributed by atoms with van der Waals surface area (Å²) in [5.41, 5.74) is 7.61. The van der Waals surface area contributed by atoms with E-state index in [4.69, 9.17) is 5.73 Å². The zero-order valence-electron chi connectivity index (χ0n) is 10.8. The molecule has 0 aromatic heterocycles. The zero-order chi connectivity index (χ0) is 13.0. The minimum Gasteiger partial charge on any atom is -0.465 e. The fourth-order valence-corrected chi connectivity index (χ4v) is 2.01. The van der Waals surface area contributed by atoms with Gasteiger partial charge in [-0.15, -0.1) is 0 Å². The molecule has 4 heteroatoms. The molecule has 0 bridgehead atoms. The number of methoxy groups -OCH3 is 1. The molecule has 17 heavy (non-hydrogen) atoms. The summed E-state index contributed by atoms with van der Waals surface area (Å²) >= 11 is 0. The van der Waals surface area contributed by atoms with E-state index in [1.807, 2.05) is 33.2 Å². The number of nitrogens with two attached hydrogens (primary N) is 1. The number of esters is 1. The topological polar surface area (TPSA) is 55.6 Å². The molecular weight excluding hydrogens is 216 g/mol. The summed E-state index contributed by atoms with van der Waals surface area (Å²) in [4.78, 5) is 13.4. The molecule has 0 aliphatic carbocycles. The smallest absolute Gasteiger partial charge is 0.337 e. The standard InChI is InChI=1S/C13H20N2O2/c1-9(14)12(15(2)3)10-5-7-11(8-6-10)13(16)17-4/h5-9,12H,14H2,1-4H3. The highest BCUT2D eigenvalue weighted by Gasteiger charge is 2.18. The number of rotatable bonds is 4. The molecule has 0 spiro atoms. The third kappa shape index (κ3) is 3.28. The first-order chi connectivity index (χ1) is 7.97. The van der Waals surface area contributed by atoms with Crippen LogP contribution < -0.4 is 5.73 Å². The number of likely N-dealkylation sites (N-methyl/N-ethyl adjacent to an activating group) is 1. The second-order valence-corrected chi connectivity index (χ2v) is 4.38. The average molecular weight is 236 g/mol. The lowest BCUT2D eigenvalue weighted by Crippen LogP contribution is -2.35. The summed E-state index contributed by atoms with van der Waals surface area (Å²) in [6.45, 7) is 1.97. The van der Waals surface area contributed by atoms with E-state index < -0.39 is 0 Å². The van der Waals surface area contributed by atoms with E-state index in [-0.39, 0.29) is 18.1 Å². The van der Waals surface area contributed by atoms with E-state index >= 15 is 0 Å². The van der Waals surface area contributed by atoms with E-state index in [1.54, 1.807) is 12.1 Å². The largest absolute Gasteiger partial charge is 0.465 e.